The molecule has 0 aliphatic rings. The molecule has 4 heteroatoms. The van der Waals surface area contributed by atoms with Crippen LogP contribution in [0, 0.1) is 0 Å². The molecule has 0 aliphatic carbocycles. The third-order valence-corrected chi connectivity index (χ3v) is 3.65. The topological polar surface area (TPSA) is 43.4 Å². The van der Waals surface area contributed by atoms with E-state index >= 15 is 0 Å². The molecule has 0 aromatic heterocycles. The standard InChI is InChI=1S/C16H14O3S/c1-19-13-7-3-11(4-8-13)15(17)16(18)12-5-9-14(20-2)10-6-12/h3-10H,1-2H3. The van der Waals surface area contributed by atoms with Gasteiger partial charge >= 0.3 is 0 Å². The van der Waals surface area contributed by atoms with Crippen LogP contribution in [-0.2, 0) is 0 Å². The average molecular weight is 286 g/mol. The molecule has 0 atom stereocenters. The van der Waals surface area contributed by atoms with E-state index in [1.165, 1.54) is 0 Å². The summed E-state index contributed by atoms with van der Waals surface area (Å²) in [5, 5.41) is 0. The van der Waals surface area contributed by atoms with E-state index in [1.54, 1.807) is 55.3 Å². The third-order valence-electron chi connectivity index (χ3n) is 2.91. The van der Waals surface area contributed by atoms with Crippen LogP contribution in [0.4, 0.5) is 0 Å². The Morgan fingerprint density at radius 3 is 1.70 bits per heavy atom. The Labute approximate surface area is 122 Å². The summed E-state index contributed by atoms with van der Waals surface area (Å²) in [5.74, 6) is -0.356. The van der Waals surface area contributed by atoms with E-state index in [2.05, 4.69) is 0 Å². The van der Waals surface area contributed by atoms with Gasteiger partial charge in [0.1, 0.15) is 5.75 Å². The van der Waals surface area contributed by atoms with Crippen molar-refractivity contribution in [3.8, 4) is 5.75 Å². The Morgan fingerprint density at radius 2 is 1.30 bits per heavy atom. The summed E-state index contributed by atoms with van der Waals surface area (Å²) >= 11 is 1.59. The fourth-order valence-electron chi connectivity index (χ4n) is 1.75. The highest BCUT2D eigenvalue weighted by molar-refractivity contribution is 7.98. The lowest BCUT2D eigenvalue weighted by atomic mass is 10.0. The van der Waals surface area contributed by atoms with Gasteiger partial charge in [-0.25, -0.2) is 0 Å². The van der Waals surface area contributed by atoms with Crippen LogP contribution < -0.4 is 4.74 Å². The van der Waals surface area contributed by atoms with Gasteiger partial charge in [-0.3, -0.25) is 9.59 Å². The van der Waals surface area contributed by atoms with E-state index in [0.717, 1.165) is 4.90 Å². The lowest BCUT2D eigenvalue weighted by Crippen LogP contribution is -2.14. The minimum atomic E-state index is -0.510. The Morgan fingerprint density at radius 1 is 0.850 bits per heavy atom. The summed E-state index contributed by atoms with van der Waals surface area (Å²) < 4.78 is 5.02. The molecule has 0 heterocycles. The van der Waals surface area contributed by atoms with Gasteiger partial charge in [-0.2, -0.15) is 0 Å². The van der Waals surface area contributed by atoms with Gasteiger partial charge in [-0.15, -0.1) is 11.8 Å². The van der Waals surface area contributed by atoms with Gasteiger partial charge in [0.05, 0.1) is 7.11 Å². The first-order valence-corrected chi connectivity index (χ1v) is 7.25. The number of rotatable bonds is 5. The fraction of sp³-hybridized carbons (Fsp3) is 0.125. The van der Waals surface area contributed by atoms with Crippen molar-refractivity contribution < 1.29 is 14.3 Å². The van der Waals surface area contributed by atoms with Crippen molar-refractivity contribution >= 4 is 23.3 Å². The van der Waals surface area contributed by atoms with Gasteiger partial charge in [-0.05, 0) is 54.8 Å². The molecule has 0 bridgehead atoms. The van der Waals surface area contributed by atoms with Crippen LogP contribution >= 0.6 is 11.8 Å². The molecule has 2 aromatic rings. The highest BCUT2D eigenvalue weighted by Gasteiger charge is 2.18. The molecule has 0 N–H and O–H groups in total. The lowest BCUT2D eigenvalue weighted by molar-refractivity contribution is 0.0817. The van der Waals surface area contributed by atoms with Crippen molar-refractivity contribution in [2.24, 2.45) is 0 Å². The summed E-state index contributed by atoms with van der Waals surface area (Å²) in [7, 11) is 1.55. The van der Waals surface area contributed by atoms with Gasteiger partial charge in [0.25, 0.3) is 0 Å². The van der Waals surface area contributed by atoms with Crippen LogP contribution in [0.25, 0.3) is 0 Å². The minimum Gasteiger partial charge on any atom is -0.497 e. The van der Waals surface area contributed by atoms with Crippen LogP contribution in [-0.4, -0.2) is 24.9 Å². The van der Waals surface area contributed by atoms with Crippen LogP contribution in [0.2, 0.25) is 0 Å². The molecular weight excluding hydrogens is 272 g/mol. The fourth-order valence-corrected chi connectivity index (χ4v) is 2.16. The summed E-state index contributed by atoms with van der Waals surface area (Å²) in [6.45, 7) is 0. The Kier molecular flexibility index (Phi) is 4.58. The molecule has 0 aliphatic heterocycles. The maximum atomic E-state index is 12.1. The van der Waals surface area contributed by atoms with Crippen molar-refractivity contribution in [1.29, 1.82) is 0 Å². The van der Waals surface area contributed by atoms with Crippen LogP contribution in [0.3, 0.4) is 0 Å². The zero-order valence-electron chi connectivity index (χ0n) is 11.3. The number of carbonyl (C=O) groups excluding carboxylic acids is 2. The van der Waals surface area contributed by atoms with Gasteiger partial charge < -0.3 is 4.74 Å². The van der Waals surface area contributed by atoms with Crippen molar-refractivity contribution in [3.05, 3.63) is 59.7 Å². The molecule has 20 heavy (non-hydrogen) atoms. The van der Waals surface area contributed by atoms with Gasteiger partial charge in [0, 0.05) is 16.0 Å². The van der Waals surface area contributed by atoms with Crippen molar-refractivity contribution in [1.82, 2.24) is 0 Å². The van der Waals surface area contributed by atoms with E-state index in [4.69, 9.17) is 4.74 Å². The molecular formula is C16H14O3S. The molecule has 0 saturated carbocycles. The predicted octanol–water partition coefficient (Wildman–Crippen LogP) is 3.48. The first kappa shape index (κ1) is 14.3. The number of hydrogen-bond donors (Lipinski definition) is 0. The molecule has 2 rings (SSSR count). The maximum absolute atomic E-state index is 12.1. The van der Waals surface area contributed by atoms with Crippen molar-refractivity contribution in [2.75, 3.05) is 13.4 Å². The summed E-state index contributed by atoms with van der Waals surface area (Å²) in [4.78, 5) is 25.3. The number of Topliss-reactive ketones (excluding diaryl/α,β-unsaturated/α-hetero) is 2. The van der Waals surface area contributed by atoms with E-state index < -0.39 is 11.6 Å². The quantitative estimate of drug-likeness (QED) is 0.479. The molecule has 0 fully saturated rings. The van der Waals surface area contributed by atoms with E-state index in [0.29, 0.717) is 16.9 Å². The van der Waals surface area contributed by atoms with E-state index in [1.807, 2.05) is 18.4 Å². The zero-order chi connectivity index (χ0) is 14.5. The second kappa shape index (κ2) is 6.39. The van der Waals surface area contributed by atoms with Gasteiger partial charge in [0.15, 0.2) is 0 Å². The average Bonchev–Trinajstić information content (AvgIpc) is 2.53. The Hall–Kier alpha value is -2.07. The first-order valence-electron chi connectivity index (χ1n) is 6.03. The SMILES string of the molecule is COc1ccc(C(=O)C(=O)c2ccc(SC)cc2)cc1. The molecule has 0 amide bonds. The normalized spacial score (nSPS) is 10.1. The second-order valence-electron chi connectivity index (χ2n) is 4.12. The molecule has 0 unspecified atom stereocenters. The zero-order valence-corrected chi connectivity index (χ0v) is 12.1. The predicted molar refractivity (Wildman–Crippen MR) is 79.9 cm³/mol. The molecule has 102 valence electrons. The largest absolute Gasteiger partial charge is 0.497 e. The highest BCUT2D eigenvalue weighted by atomic mass is 32.2. The summed E-state index contributed by atoms with van der Waals surface area (Å²) in [5.41, 5.74) is 0.772. The summed E-state index contributed by atoms with van der Waals surface area (Å²) in [6.07, 6.45) is 1.96. The molecule has 3 nitrogen and oxygen atoms in total. The third kappa shape index (κ3) is 3.08. The number of hydrogen-bond acceptors (Lipinski definition) is 4. The molecule has 0 radical (unpaired) electrons. The Balaban J connectivity index is 2.20. The number of ether oxygens (including phenoxy) is 1. The molecule has 0 spiro atoms. The van der Waals surface area contributed by atoms with E-state index in [9.17, 15) is 9.59 Å². The number of methoxy groups -OCH3 is 1. The first-order chi connectivity index (χ1) is 9.65. The number of ketones is 2. The lowest BCUT2D eigenvalue weighted by Gasteiger charge is -2.03. The van der Waals surface area contributed by atoms with Gasteiger partial charge in [0.2, 0.25) is 11.6 Å². The number of benzene rings is 2. The van der Waals surface area contributed by atoms with Gasteiger partial charge in [-0.1, -0.05) is 0 Å². The van der Waals surface area contributed by atoms with Crippen molar-refractivity contribution in [3.63, 3.8) is 0 Å². The highest BCUT2D eigenvalue weighted by Crippen LogP contribution is 2.17. The molecule has 0 saturated heterocycles. The minimum absolute atomic E-state index is 0.366. The second-order valence-corrected chi connectivity index (χ2v) is 4.99. The van der Waals surface area contributed by atoms with E-state index in [-0.39, 0.29) is 0 Å². The smallest absolute Gasteiger partial charge is 0.233 e. The molecule has 2 aromatic carbocycles. The monoisotopic (exact) mass is 286 g/mol. The number of carbonyl (C=O) groups is 2. The van der Waals surface area contributed by atoms with Crippen LogP contribution in [0.5, 0.6) is 5.75 Å². The summed E-state index contributed by atoms with van der Waals surface area (Å²) in [6, 6.07) is 13.5. The maximum Gasteiger partial charge on any atom is 0.233 e. The Bertz CT molecular complexity index is 558. The number of thioether (sulfide) groups is 1. The van der Waals surface area contributed by atoms with Crippen molar-refractivity contribution in [2.45, 2.75) is 4.90 Å². The van der Waals surface area contributed by atoms with Crippen LogP contribution in [0.15, 0.2) is 53.4 Å². The van der Waals surface area contributed by atoms with Crippen LogP contribution in [0.1, 0.15) is 20.7 Å².